The lowest BCUT2D eigenvalue weighted by atomic mass is 9.98. The second-order valence-corrected chi connectivity index (χ2v) is 11.0. The first-order valence-corrected chi connectivity index (χ1v) is 14.5. The maximum Gasteiger partial charge on any atom is 0.0810 e. The van der Waals surface area contributed by atoms with Crippen LogP contribution in [0.25, 0.3) is 76.9 Å². The standard InChI is InChI=1S/C40H26N2/c1-4-14-27(15-5-1)28-24-25-36-35(26-28)39-40(41(36)29-16-6-2-7-17-29)37-33-22-12-10-20-31(33)32-21-11-13-23-34(32)38(37)42(39)30-18-8-3-9-19-30/h1-26H. The number of hydrogen-bond acceptors (Lipinski definition) is 0. The lowest BCUT2D eigenvalue weighted by Crippen LogP contribution is -1.95. The lowest BCUT2D eigenvalue weighted by Gasteiger charge is -2.14. The van der Waals surface area contributed by atoms with Crippen molar-refractivity contribution in [2.45, 2.75) is 0 Å². The van der Waals surface area contributed by atoms with Gasteiger partial charge in [0.05, 0.1) is 22.1 Å². The van der Waals surface area contributed by atoms with Gasteiger partial charge in [-0.1, -0.05) is 121 Å². The Hall–Kier alpha value is -5.60. The maximum absolute atomic E-state index is 2.51. The molecule has 42 heavy (non-hydrogen) atoms. The summed E-state index contributed by atoms with van der Waals surface area (Å²) < 4.78 is 4.98. The molecule has 2 aromatic heterocycles. The largest absolute Gasteiger partial charge is 0.307 e. The van der Waals surface area contributed by atoms with Gasteiger partial charge in [-0.2, -0.15) is 0 Å². The Morgan fingerprint density at radius 3 is 1.50 bits per heavy atom. The fourth-order valence-corrected chi connectivity index (χ4v) is 6.93. The van der Waals surface area contributed by atoms with Crippen molar-refractivity contribution in [1.29, 1.82) is 0 Å². The molecule has 0 fully saturated rings. The highest BCUT2D eigenvalue weighted by Gasteiger charge is 2.25. The summed E-state index contributed by atoms with van der Waals surface area (Å²) in [7, 11) is 0. The quantitative estimate of drug-likeness (QED) is 0.200. The van der Waals surface area contributed by atoms with Gasteiger partial charge in [0, 0.05) is 27.5 Å². The molecule has 0 aliphatic carbocycles. The summed E-state index contributed by atoms with van der Waals surface area (Å²) in [5.41, 5.74) is 9.68. The third kappa shape index (κ3) is 3.21. The number of rotatable bonds is 3. The highest BCUT2D eigenvalue weighted by molar-refractivity contribution is 6.34. The molecule has 0 spiro atoms. The Morgan fingerprint density at radius 2 is 0.833 bits per heavy atom. The summed E-state index contributed by atoms with van der Waals surface area (Å²) in [5, 5.41) is 7.61. The molecule has 7 aromatic carbocycles. The van der Waals surface area contributed by atoms with Crippen LogP contribution in [0.2, 0.25) is 0 Å². The van der Waals surface area contributed by atoms with Gasteiger partial charge in [0.1, 0.15) is 0 Å². The van der Waals surface area contributed by atoms with Gasteiger partial charge < -0.3 is 9.13 Å². The van der Waals surface area contributed by atoms with Gasteiger partial charge >= 0.3 is 0 Å². The predicted molar refractivity (Wildman–Crippen MR) is 178 cm³/mol. The van der Waals surface area contributed by atoms with Gasteiger partial charge in [0.2, 0.25) is 0 Å². The van der Waals surface area contributed by atoms with E-state index in [-0.39, 0.29) is 0 Å². The van der Waals surface area contributed by atoms with E-state index >= 15 is 0 Å². The molecule has 0 aliphatic heterocycles. The number of nitrogens with zero attached hydrogens (tertiary/aromatic N) is 2. The van der Waals surface area contributed by atoms with Crippen molar-refractivity contribution < 1.29 is 0 Å². The normalized spacial score (nSPS) is 11.8. The first-order valence-electron chi connectivity index (χ1n) is 14.5. The molecular weight excluding hydrogens is 508 g/mol. The van der Waals surface area contributed by atoms with Crippen molar-refractivity contribution >= 4 is 54.4 Å². The zero-order chi connectivity index (χ0) is 27.6. The van der Waals surface area contributed by atoms with E-state index in [0.717, 1.165) is 11.4 Å². The third-order valence-electron chi connectivity index (χ3n) is 8.67. The van der Waals surface area contributed by atoms with Crippen LogP contribution in [0.1, 0.15) is 0 Å². The second-order valence-electron chi connectivity index (χ2n) is 11.0. The van der Waals surface area contributed by atoms with Crippen LogP contribution >= 0.6 is 0 Å². The predicted octanol–water partition coefficient (Wildman–Crippen LogP) is 10.7. The third-order valence-corrected chi connectivity index (χ3v) is 8.67. The van der Waals surface area contributed by atoms with Crippen molar-refractivity contribution in [3.8, 4) is 22.5 Å². The van der Waals surface area contributed by atoms with E-state index in [1.807, 2.05) is 0 Å². The summed E-state index contributed by atoms with van der Waals surface area (Å²) in [6.07, 6.45) is 0. The van der Waals surface area contributed by atoms with E-state index in [2.05, 4.69) is 167 Å². The van der Waals surface area contributed by atoms with Crippen LogP contribution < -0.4 is 0 Å². The van der Waals surface area contributed by atoms with Crippen molar-refractivity contribution in [1.82, 2.24) is 9.13 Å². The van der Waals surface area contributed by atoms with Crippen molar-refractivity contribution in [3.05, 3.63) is 158 Å². The van der Waals surface area contributed by atoms with Crippen molar-refractivity contribution in [2.75, 3.05) is 0 Å². The molecule has 0 radical (unpaired) electrons. The molecule has 9 rings (SSSR count). The molecule has 9 aromatic rings. The minimum atomic E-state index is 1.16. The van der Waals surface area contributed by atoms with Gasteiger partial charge in [-0.15, -0.1) is 0 Å². The molecule has 0 saturated heterocycles. The lowest BCUT2D eigenvalue weighted by molar-refractivity contribution is 1.18. The molecule has 196 valence electrons. The average Bonchev–Trinajstić information content (AvgIpc) is 3.59. The Bertz CT molecular complexity index is 2430. The SMILES string of the molecule is c1ccc(-c2ccc3c(c2)c2c(c4c5ccccc5c5ccccc5c4n2-c2ccccc2)n3-c2ccccc2)cc1. The van der Waals surface area contributed by atoms with Crippen LogP contribution in [-0.2, 0) is 0 Å². The fraction of sp³-hybridized carbons (Fsp3) is 0. The molecule has 2 heterocycles. The fourth-order valence-electron chi connectivity index (χ4n) is 6.93. The van der Waals surface area contributed by atoms with Crippen LogP contribution in [-0.4, -0.2) is 9.13 Å². The van der Waals surface area contributed by atoms with E-state index in [1.54, 1.807) is 0 Å². The van der Waals surface area contributed by atoms with Gasteiger partial charge in [0.15, 0.2) is 0 Å². The highest BCUT2D eigenvalue weighted by atomic mass is 15.1. The maximum atomic E-state index is 2.51. The number of para-hydroxylation sites is 2. The summed E-state index contributed by atoms with van der Waals surface area (Å²) in [6, 6.07) is 57.1. The number of hydrogen-bond donors (Lipinski definition) is 0. The molecule has 0 unspecified atom stereocenters. The van der Waals surface area contributed by atoms with Crippen LogP contribution in [0.3, 0.4) is 0 Å². The van der Waals surface area contributed by atoms with Crippen LogP contribution in [0.4, 0.5) is 0 Å². The molecular formula is C40H26N2. The average molecular weight is 535 g/mol. The molecule has 0 saturated carbocycles. The Balaban J connectivity index is 1.61. The van der Waals surface area contributed by atoms with E-state index in [0.29, 0.717) is 0 Å². The number of fused-ring (bicyclic) bond motifs is 10. The first-order chi connectivity index (χ1) is 20.9. The van der Waals surface area contributed by atoms with E-state index in [1.165, 1.54) is 65.5 Å². The van der Waals surface area contributed by atoms with Gasteiger partial charge in [-0.25, -0.2) is 0 Å². The van der Waals surface area contributed by atoms with E-state index < -0.39 is 0 Å². The highest BCUT2D eigenvalue weighted by Crippen LogP contribution is 2.47. The van der Waals surface area contributed by atoms with Gasteiger partial charge in [0.25, 0.3) is 0 Å². The van der Waals surface area contributed by atoms with Crippen molar-refractivity contribution in [2.24, 2.45) is 0 Å². The molecule has 0 amide bonds. The molecule has 0 bridgehead atoms. The zero-order valence-corrected chi connectivity index (χ0v) is 22.9. The molecule has 2 nitrogen and oxygen atoms in total. The smallest absolute Gasteiger partial charge is 0.0810 e. The minimum absolute atomic E-state index is 1.16. The molecule has 0 N–H and O–H groups in total. The van der Waals surface area contributed by atoms with Crippen LogP contribution in [0.15, 0.2) is 158 Å². The Labute approximate surface area is 243 Å². The second kappa shape index (κ2) is 8.95. The summed E-state index contributed by atoms with van der Waals surface area (Å²) in [4.78, 5) is 0. The van der Waals surface area contributed by atoms with E-state index in [4.69, 9.17) is 0 Å². The first kappa shape index (κ1) is 23.1. The Morgan fingerprint density at radius 1 is 0.310 bits per heavy atom. The van der Waals surface area contributed by atoms with E-state index in [9.17, 15) is 0 Å². The topological polar surface area (TPSA) is 9.86 Å². The monoisotopic (exact) mass is 534 g/mol. The zero-order valence-electron chi connectivity index (χ0n) is 22.9. The molecule has 2 heteroatoms. The summed E-state index contributed by atoms with van der Waals surface area (Å²) >= 11 is 0. The minimum Gasteiger partial charge on any atom is -0.307 e. The molecule has 0 aliphatic rings. The Kier molecular flexibility index (Phi) is 4.93. The summed E-state index contributed by atoms with van der Waals surface area (Å²) in [6.45, 7) is 0. The molecule has 0 atom stereocenters. The van der Waals surface area contributed by atoms with Crippen LogP contribution in [0, 0.1) is 0 Å². The van der Waals surface area contributed by atoms with Gasteiger partial charge in [-0.05, 0) is 63.7 Å². The number of aromatic nitrogens is 2. The number of benzene rings is 7. The van der Waals surface area contributed by atoms with Gasteiger partial charge in [-0.3, -0.25) is 0 Å². The summed E-state index contributed by atoms with van der Waals surface area (Å²) in [5.74, 6) is 0. The van der Waals surface area contributed by atoms with Crippen LogP contribution in [0.5, 0.6) is 0 Å². The van der Waals surface area contributed by atoms with Crippen molar-refractivity contribution in [3.63, 3.8) is 0 Å².